The molecule has 2 heteroatoms. The van der Waals surface area contributed by atoms with E-state index in [-0.39, 0.29) is 6.10 Å². The molecule has 0 saturated heterocycles. The predicted molar refractivity (Wildman–Crippen MR) is 103 cm³/mol. The summed E-state index contributed by atoms with van der Waals surface area (Å²) in [5.74, 6) is 0. The minimum Gasteiger partial charge on any atom is -0.286 e. The summed E-state index contributed by atoms with van der Waals surface area (Å²) in [4.78, 5) is 6.31. The Labute approximate surface area is 150 Å². The number of benzene rings is 3. The molecule has 1 unspecified atom stereocenters. The zero-order valence-corrected chi connectivity index (χ0v) is 14.3. The van der Waals surface area contributed by atoms with E-state index in [0.29, 0.717) is 13.1 Å². The van der Waals surface area contributed by atoms with Gasteiger partial charge in [0.15, 0.2) is 0 Å². The number of rotatable bonds is 8. The van der Waals surface area contributed by atoms with Crippen molar-refractivity contribution >= 4 is 0 Å². The Kier molecular flexibility index (Phi) is 6.16. The van der Waals surface area contributed by atoms with Crippen LogP contribution in [0.3, 0.4) is 0 Å². The lowest BCUT2D eigenvalue weighted by Crippen LogP contribution is -2.25. The Morgan fingerprint density at radius 3 is 1.60 bits per heavy atom. The summed E-state index contributed by atoms with van der Waals surface area (Å²) in [7, 11) is 0. The van der Waals surface area contributed by atoms with Gasteiger partial charge in [0.05, 0.1) is 0 Å². The molecule has 0 spiro atoms. The molecule has 25 heavy (non-hydrogen) atoms. The lowest BCUT2D eigenvalue weighted by molar-refractivity contribution is -0.200. The average molecular weight is 329 g/mol. The second kappa shape index (κ2) is 8.97. The van der Waals surface area contributed by atoms with Crippen LogP contribution in [0.2, 0.25) is 0 Å². The van der Waals surface area contributed by atoms with Crippen molar-refractivity contribution in [2.24, 2.45) is 0 Å². The second-order valence-corrected chi connectivity index (χ2v) is 5.94. The van der Waals surface area contributed by atoms with Gasteiger partial charge in [-0.15, -0.1) is 6.58 Å². The largest absolute Gasteiger partial charge is 0.286 e. The van der Waals surface area contributed by atoms with Crippen molar-refractivity contribution in [3.63, 3.8) is 0 Å². The second-order valence-electron chi connectivity index (χ2n) is 5.94. The van der Waals surface area contributed by atoms with Gasteiger partial charge >= 0.3 is 0 Å². The predicted octanol–water partition coefficient (Wildman–Crippen LogP) is 5.55. The molecule has 3 aromatic carbocycles. The van der Waals surface area contributed by atoms with Gasteiger partial charge in [0, 0.05) is 13.1 Å². The molecule has 0 bridgehead atoms. The van der Waals surface area contributed by atoms with Gasteiger partial charge in [-0.1, -0.05) is 97.1 Å². The lowest BCUT2D eigenvalue weighted by Gasteiger charge is -2.26. The Morgan fingerprint density at radius 1 is 0.720 bits per heavy atom. The van der Waals surface area contributed by atoms with Crippen molar-refractivity contribution < 1.29 is 4.84 Å². The maximum Gasteiger partial charge on any atom is 0.122 e. The standard InChI is InChI=1S/C23H23NO/c1-2-23(22-16-10-5-11-17-22)25-24(18-20-12-6-3-7-13-20)19-21-14-8-4-9-15-21/h2-17,23H,1,18-19H2. The highest BCUT2D eigenvalue weighted by Crippen LogP contribution is 2.22. The van der Waals surface area contributed by atoms with E-state index in [1.54, 1.807) is 0 Å². The Hall–Kier alpha value is -2.68. The van der Waals surface area contributed by atoms with Crippen LogP contribution in [0.1, 0.15) is 22.8 Å². The van der Waals surface area contributed by atoms with E-state index in [1.165, 1.54) is 11.1 Å². The third-order valence-electron chi connectivity index (χ3n) is 4.01. The molecule has 126 valence electrons. The molecule has 3 rings (SSSR count). The topological polar surface area (TPSA) is 12.5 Å². The van der Waals surface area contributed by atoms with Gasteiger partial charge in [-0.3, -0.25) is 4.84 Å². The van der Waals surface area contributed by atoms with Crippen molar-refractivity contribution in [1.29, 1.82) is 0 Å². The van der Waals surface area contributed by atoms with Crippen LogP contribution in [-0.4, -0.2) is 5.06 Å². The van der Waals surface area contributed by atoms with Gasteiger partial charge in [0.2, 0.25) is 0 Å². The number of hydrogen-bond donors (Lipinski definition) is 0. The third-order valence-corrected chi connectivity index (χ3v) is 4.01. The number of hydroxylamine groups is 2. The molecule has 3 aromatic rings. The number of hydrogen-bond acceptors (Lipinski definition) is 2. The van der Waals surface area contributed by atoms with E-state index in [1.807, 2.05) is 41.5 Å². The molecule has 0 aromatic heterocycles. The molecular formula is C23H23NO. The summed E-state index contributed by atoms with van der Waals surface area (Å²) in [5.41, 5.74) is 3.53. The van der Waals surface area contributed by atoms with Crippen LogP contribution in [0.4, 0.5) is 0 Å². The molecule has 0 heterocycles. The van der Waals surface area contributed by atoms with E-state index in [4.69, 9.17) is 4.84 Å². The van der Waals surface area contributed by atoms with Crippen molar-refractivity contribution in [3.05, 3.63) is 120 Å². The maximum absolute atomic E-state index is 6.31. The summed E-state index contributed by atoms with van der Waals surface area (Å²) >= 11 is 0. The van der Waals surface area contributed by atoms with Crippen molar-refractivity contribution in [1.82, 2.24) is 5.06 Å². The quantitative estimate of drug-likeness (QED) is 0.397. The van der Waals surface area contributed by atoms with E-state index in [9.17, 15) is 0 Å². The minimum atomic E-state index is -0.173. The fraction of sp³-hybridized carbons (Fsp3) is 0.130. The lowest BCUT2D eigenvalue weighted by atomic mass is 10.1. The van der Waals surface area contributed by atoms with Crippen molar-refractivity contribution in [2.75, 3.05) is 0 Å². The molecule has 0 aliphatic rings. The van der Waals surface area contributed by atoms with Crippen LogP contribution in [0.25, 0.3) is 0 Å². The van der Waals surface area contributed by atoms with E-state index in [2.05, 4.69) is 67.2 Å². The van der Waals surface area contributed by atoms with E-state index >= 15 is 0 Å². The Bertz CT molecular complexity index is 714. The zero-order chi connectivity index (χ0) is 17.3. The van der Waals surface area contributed by atoms with Gasteiger partial charge < -0.3 is 0 Å². The first-order valence-electron chi connectivity index (χ1n) is 8.52. The zero-order valence-electron chi connectivity index (χ0n) is 14.3. The smallest absolute Gasteiger partial charge is 0.122 e. The molecule has 0 saturated carbocycles. The average Bonchev–Trinajstić information content (AvgIpc) is 2.68. The van der Waals surface area contributed by atoms with Crippen LogP contribution in [0, 0.1) is 0 Å². The highest BCUT2D eigenvalue weighted by Gasteiger charge is 2.15. The highest BCUT2D eigenvalue weighted by molar-refractivity contribution is 5.21. The molecule has 0 amide bonds. The molecule has 0 aliphatic carbocycles. The van der Waals surface area contributed by atoms with Crippen LogP contribution < -0.4 is 0 Å². The van der Waals surface area contributed by atoms with Gasteiger partial charge in [-0.25, -0.2) is 0 Å². The molecular weight excluding hydrogens is 306 g/mol. The molecule has 0 radical (unpaired) electrons. The van der Waals surface area contributed by atoms with E-state index < -0.39 is 0 Å². The first kappa shape index (κ1) is 17.2. The Balaban J connectivity index is 1.78. The maximum atomic E-state index is 6.31. The summed E-state index contributed by atoms with van der Waals surface area (Å²) in [6, 6.07) is 30.9. The monoisotopic (exact) mass is 329 g/mol. The number of nitrogens with zero attached hydrogens (tertiary/aromatic N) is 1. The van der Waals surface area contributed by atoms with Crippen LogP contribution in [0.15, 0.2) is 104 Å². The highest BCUT2D eigenvalue weighted by atomic mass is 16.7. The van der Waals surface area contributed by atoms with Crippen LogP contribution in [0.5, 0.6) is 0 Å². The van der Waals surface area contributed by atoms with Crippen LogP contribution >= 0.6 is 0 Å². The van der Waals surface area contributed by atoms with E-state index in [0.717, 1.165) is 5.56 Å². The van der Waals surface area contributed by atoms with Crippen molar-refractivity contribution in [3.8, 4) is 0 Å². The summed E-state index contributed by atoms with van der Waals surface area (Å²) in [6.45, 7) is 5.38. The van der Waals surface area contributed by atoms with Gasteiger partial charge in [0.1, 0.15) is 6.10 Å². The SMILES string of the molecule is C=CC(ON(Cc1ccccc1)Cc1ccccc1)c1ccccc1. The fourth-order valence-corrected chi connectivity index (χ4v) is 2.75. The molecule has 0 fully saturated rings. The van der Waals surface area contributed by atoms with Gasteiger partial charge in [0.25, 0.3) is 0 Å². The molecule has 1 atom stereocenters. The van der Waals surface area contributed by atoms with Crippen molar-refractivity contribution in [2.45, 2.75) is 19.2 Å². The van der Waals surface area contributed by atoms with Gasteiger partial charge in [-0.2, -0.15) is 5.06 Å². The Morgan fingerprint density at radius 2 is 1.16 bits per heavy atom. The molecule has 2 nitrogen and oxygen atoms in total. The summed E-state index contributed by atoms with van der Waals surface area (Å²) in [5, 5.41) is 2.00. The first-order chi connectivity index (χ1) is 12.3. The first-order valence-corrected chi connectivity index (χ1v) is 8.52. The third kappa shape index (κ3) is 5.15. The molecule has 0 aliphatic heterocycles. The van der Waals surface area contributed by atoms with Gasteiger partial charge in [-0.05, 0) is 16.7 Å². The summed E-state index contributed by atoms with van der Waals surface area (Å²) in [6.07, 6.45) is 1.67. The minimum absolute atomic E-state index is 0.173. The normalized spacial score (nSPS) is 12.0. The fourth-order valence-electron chi connectivity index (χ4n) is 2.75. The summed E-state index contributed by atoms with van der Waals surface area (Å²) < 4.78 is 0. The molecule has 0 N–H and O–H groups in total. The van der Waals surface area contributed by atoms with Crippen LogP contribution in [-0.2, 0) is 17.9 Å².